The first-order valence-electron chi connectivity index (χ1n) is 6.32. The van der Waals surface area contributed by atoms with Crippen LogP contribution in [-0.4, -0.2) is 25.5 Å². The van der Waals surface area contributed by atoms with Gasteiger partial charge in [-0.1, -0.05) is 12.1 Å². The Bertz CT molecular complexity index is 461. The summed E-state index contributed by atoms with van der Waals surface area (Å²) < 4.78 is 0. The van der Waals surface area contributed by atoms with Gasteiger partial charge in [-0.25, -0.2) is 0 Å². The Morgan fingerprint density at radius 3 is 2.76 bits per heavy atom. The van der Waals surface area contributed by atoms with E-state index >= 15 is 0 Å². The molecular formula is C14H18N2O. The highest BCUT2D eigenvalue weighted by atomic mass is 16.1. The summed E-state index contributed by atoms with van der Waals surface area (Å²) in [5.74, 6) is 0.0906. The molecule has 2 aliphatic rings. The van der Waals surface area contributed by atoms with Crippen LogP contribution in [0.1, 0.15) is 34.3 Å². The molecule has 0 bridgehead atoms. The molecule has 3 heteroatoms. The largest absolute Gasteiger partial charge is 0.351 e. The van der Waals surface area contributed by atoms with E-state index in [-0.39, 0.29) is 11.3 Å². The van der Waals surface area contributed by atoms with Crippen LogP contribution in [0.5, 0.6) is 0 Å². The molecule has 2 N–H and O–H groups in total. The third kappa shape index (κ3) is 1.57. The van der Waals surface area contributed by atoms with Gasteiger partial charge in [0.25, 0.3) is 5.91 Å². The lowest BCUT2D eigenvalue weighted by molar-refractivity contribution is 0.0914. The van der Waals surface area contributed by atoms with E-state index in [2.05, 4.69) is 23.6 Å². The van der Waals surface area contributed by atoms with Crippen molar-refractivity contribution in [2.45, 2.75) is 25.2 Å². The third-order valence-electron chi connectivity index (χ3n) is 4.20. The van der Waals surface area contributed by atoms with E-state index in [1.165, 1.54) is 11.1 Å². The zero-order valence-electron chi connectivity index (χ0n) is 10.2. The van der Waals surface area contributed by atoms with Crippen LogP contribution >= 0.6 is 0 Å². The Kier molecular flexibility index (Phi) is 2.44. The smallest absolute Gasteiger partial charge is 0.251 e. The standard InChI is InChI=1S/C14H18N2O/c1-10-3-2-4-11-12(10)14(9-16-13(11)17)5-7-15-8-6-14/h2-4,15H,5-9H2,1H3,(H,16,17). The molecule has 2 heterocycles. The van der Waals surface area contributed by atoms with Crippen molar-refractivity contribution in [2.75, 3.05) is 19.6 Å². The van der Waals surface area contributed by atoms with Crippen molar-refractivity contribution in [3.05, 3.63) is 34.9 Å². The number of carbonyl (C=O) groups excluding carboxylic acids is 1. The molecule has 0 saturated carbocycles. The molecule has 1 aromatic rings. The van der Waals surface area contributed by atoms with E-state index in [1.807, 2.05) is 12.1 Å². The molecule has 2 aliphatic heterocycles. The van der Waals surface area contributed by atoms with Gasteiger partial charge in [0.05, 0.1) is 0 Å². The first-order chi connectivity index (χ1) is 8.23. The van der Waals surface area contributed by atoms with E-state index in [4.69, 9.17) is 0 Å². The van der Waals surface area contributed by atoms with Gasteiger partial charge in [-0.05, 0) is 50.0 Å². The number of carbonyl (C=O) groups is 1. The van der Waals surface area contributed by atoms with E-state index in [1.54, 1.807) is 0 Å². The third-order valence-corrected chi connectivity index (χ3v) is 4.20. The Morgan fingerprint density at radius 2 is 2.00 bits per heavy atom. The number of fused-ring (bicyclic) bond motifs is 2. The van der Waals surface area contributed by atoms with Crippen molar-refractivity contribution in [1.82, 2.24) is 10.6 Å². The lowest BCUT2D eigenvalue weighted by Gasteiger charge is -2.43. The number of benzene rings is 1. The molecule has 1 amide bonds. The second-order valence-electron chi connectivity index (χ2n) is 5.21. The molecule has 17 heavy (non-hydrogen) atoms. The lowest BCUT2D eigenvalue weighted by atomic mass is 9.68. The van der Waals surface area contributed by atoms with Crippen LogP contribution in [0.25, 0.3) is 0 Å². The summed E-state index contributed by atoms with van der Waals surface area (Å²) in [5.41, 5.74) is 3.61. The van der Waals surface area contributed by atoms with Crippen molar-refractivity contribution in [1.29, 1.82) is 0 Å². The van der Waals surface area contributed by atoms with Gasteiger partial charge in [-0.15, -0.1) is 0 Å². The van der Waals surface area contributed by atoms with Crippen LogP contribution < -0.4 is 10.6 Å². The normalized spacial score (nSPS) is 22.1. The molecule has 0 unspecified atom stereocenters. The SMILES string of the molecule is Cc1cccc2c1C1(CCNCC1)CNC2=O. The molecule has 1 fully saturated rings. The summed E-state index contributed by atoms with van der Waals surface area (Å²) in [6.45, 7) is 5.01. The molecular weight excluding hydrogens is 212 g/mol. The van der Waals surface area contributed by atoms with E-state index in [0.29, 0.717) is 0 Å². The fourth-order valence-electron chi connectivity index (χ4n) is 3.33. The summed E-state index contributed by atoms with van der Waals surface area (Å²) in [5, 5.41) is 6.46. The topological polar surface area (TPSA) is 41.1 Å². The molecule has 0 aromatic heterocycles. The van der Waals surface area contributed by atoms with Crippen LogP contribution in [-0.2, 0) is 5.41 Å². The number of rotatable bonds is 0. The van der Waals surface area contributed by atoms with E-state index in [9.17, 15) is 4.79 Å². The summed E-state index contributed by atoms with van der Waals surface area (Å²) >= 11 is 0. The quantitative estimate of drug-likeness (QED) is 0.706. The van der Waals surface area contributed by atoms with Crippen LogP contribution in [0, 0.1) is 6.92 Å². The Labute approximate surface area is 102 Å². The molecule has 1 saturated heterocycles. The molecule has 3 rings (SSSR count). The van der Waals surface area contributed by atoms with Crippen molar-refractivity contribution >= 4 is 5.91 Å². The summed E-state index contributed by atoms with van der Waals surface area (Å²) in [6, 6.07) is 6.07. The van der Waals surface area contributed by atoms with Crippen molar-refractivity contribution in [3.63, 3.8) is 0 Å². The van der Waals surface area contributed by atoms with Gasteiger partial charge in [0.15, 0.2) is 0 Å². The van der Waals surface area contributed by atoms with Gasteiger partial charge in [0.2, 0.25) is 0 Å². The average Bonchev–Trinajstić information content (AvgIpc) is 2.36. The Balaban J connectivity index is 2.16. The maximum absolute atomic E-state index is 11.9. The molecule has 90 valence electrons. The Hall–Kier alpha value is -1.35. The highest BCUT2D eigenvalue weighted by Gasteiger charge is 2.40. The molecule has 3 nitrogen and oxygen atoms in total. The van der Waals surface area contributed by atoms with E-state index in [0.717, 1.165) is 38.0 Å². The molecule has 1 spiro atoms. The van der Waals surface area contributed by atoms with Crippen molar-refractivity contribution in [2.24, 2.45) is 0 Å². The fourth-order valence-corrected chi connectivity index (χ4v) is 3.33. The van der Waals surface area contributed by atoms with E-state index < -0.39 is 0 Å². The molecule has 0 aliphatic carbocycles. The predicted molar refractivity (Wildman–Crippen MR) is 67.3 cm³/mol. The van der Waals surface area contributed by atoms with Crippen molar-refractivity contribution in [3.8, 4) is 0 Å². The number of aryl methyl sites for hydroxylation is 1. The van der Waals surface area contributed by atoms with Crippen LogP contribution in [0.4, 0.5) is 0 Å². The second-order valence-corrected chi connectivity index (χ2v) is 5.21. The minimum absolute atomic E-state index is 0.0906. The van der Waals surface area contributed by atoms with Crippen LogP contribution in [0.2, 0.25) is 0 Å². The monoisotopic (exact) mass is 230 g/mol. The lowest BCUT2D eigenvalue weighted by Crippen LogP contribution is -2.52. The van der Waals surface area contributed by atoms with Gasteiger partial charge in [-0.2, -0.15) is 0 Å². The highest BCUT2D eigenvalue weighted by molar-refractivity contribution is 5.97. The predicted octanol–water partition coefficient (Wildman–Crippen LogP) is 1.36. The van der Waals surface area contributed by atoms with Crippen LogP contribution in [0.3, 0.4) is 0 Å². The number of hydrogen-bond donors (Lipinski definition) is 2. The van der Waals surface area contributed by atoms with Crippen molar-refractivity contribution < 1.29 is 4.79 Å². The van der Waals surface area contributed by atoms with Gasteiger partial charge >= 0.3 is 0 Å². The first-order valence-corrected chi connectivity index (χ1v) is 6.32. The second kappa shape index (κ2) is 3.84. The fraction of sp³-hybridized carbons (Fsp3) is 0.500. The minimum atomic E-state index is 0.0906. The number of amides is 1. The van der Waals surface area contributed by atoms with Gasteiger partial charge in [0.1, 0.15) is 0 Å². The Morgan fingerprint density at radius 1 is 1.24 bits per heavy atom. The molecule has 0 radical (unpaired) electrons. The summed E-state index contributed by atoms with van der Waals surface area (Å²) in [7, 11) is 0. The maximum atomic E-state index is 11.9. The summed E-state index contributed by atoms with van der Waals surface area (Å²) in [4.78, 5) is 11.9. The molecule has 1 aromatic carbocycles. The zero-order chi connectivity index (χ0) is 11.9. The van der Waals surface area contributed by atoms with Gasteiger partial charge in [-0.3, -0.25) is 4.79 Å². The molecule has 0 atom stereocenters. The van der Waals surface area contributed by atoms with Crippen LogP contribution in [0.15, 0.2) is 18.2 Å². The summed E-state index contributed by atoms with van der Waals surface area (Å²) in [6.07, 6.45) is 2.23. The minimum Gasteiger partial charge on any atom is -0.351 e. The van der Waals surface area contributed by atoms with Gasteiger partial charge < -0.3 is 10.6 Å². The van der Waals surface area contributed by atoms with Gasteiger partial charge in [0, 0.05) is 17.5 Å². The zero-order valence-corrected chi connectivity index (χ0v) is 10.2. The number of piperidine rings is 1. The number of hydrogen-bond acceptors (Lipinski definition) is 2. The maximum Gasteiger partial charge on any atom is 0.251 e. The highest BCUT2D eigenvalue weighted by Crippen LogP contribution is 2.39. The average molecular weight is 230 g/mol. The number of nitrogens with one attached hydrogen (secondary N) is 2. The first kappa shape index (κ1) is 10.8.